The van der Waals surface area contributed by atoms with Crippen LogP contribution in [0.25, 0.3) is 0 Å². The summed E-state index contributed by atoms with van der Waals surface area (Å²) < 4.78 is 45.8. The number of morpholine rings is 1. The SMILES string of the molecule is FC(F)(F)c1nsc(NCc2ccc(N3CCOCC3)nc2)n1. The number of pyridine rings is 1. The Bertz CT molecular complexity index is 640. The lowest BCUT2D eigenvalue weighted by molar-refractivity contribution is -0.144. The molecule has 2 aromatic rings. The molecule has 1 saturated heterocycles. The standard InChI is InChI=1S/C13H14F3N5OS/c14-13(15,16)11-19-12(23-20-11)18-8-9-1-2-10(17-7-9)21-3-5-22-6-4-21/h1-2,7H,3-6,8H2,(H,18,19,20). The molecule has 0 spiro atoms. The third kappa shape index (κ3) is 4.08. The maximum absolute atomic E-state index is 12.4. The van der Waals surface area contributed by atoms with E-state index < -0.39 is 12.0 Å². The van der Waals surface area contributed by atoms with Gasteiger partial charge in [0, 0.05) is 37.4 Å². The van der Waals surface area contributed by atoms with Crippen LogP contribution < -0.4 is 10.2 Å². The molecule has 1 fully saturated rings. The van der Waals surface area contributed by atoms with Gasteiger partial charge in [-0.2, -0.15) is 22.5 Å². The van der Waals surface area contributed by atoms with Gasteiger partial charge in [-0.05, 0) is 11.6 Å². The van der Waals surface area contributed by atoms with Gasteiger partial charge in [0.05, 0.1) is 13.2 Å². The zero-order valence-electron chi connectivity index (χ0n) is 12.0. The number of nitrogens with one attached hydrogen (secondary N) is 1. The minimum atomic E-state index is -4.52. The quantitative estimate of drug-likeness (QED) is 0.918. The van der Waals surface area contributed by atoms with E-state index in [1.165, 1.54) is 0 Å². The van der Waals surface area contributed by atoms with E-state index in [-0.39, 0.29) is 5.13 Å². The molecule has 1 aliphatic heterocycles. The van der Waals surface area contributed by atoms with E-state index in [9.17, 15) is 13.2 Å². The zero-order valence-corrected chi connectivity index (χ0v) is 12.8. The topological polar surface area (TPSA) is 63.2 Å². The minimum absolute atomic E-state index is 0.134. The summed E-state index contributed by atoms with van der Waals surface area (Å²) >= 11 is 0.687. The summed E-state index contributed by atoms with van der Waals surface area (Å²) in [7, 11) is 0. The summed E-state index contributed by atoms with van der Waals surface area (Å²) in [5.74, 6) is -0.252. The maximum atomic E-state index is 12.4. The highest BCUT2D eigenvalue weighted by Gasteiger charge is 2.36. The van der Waals surface area contributed by atoms with Crippen molar-refractivity contribution >= 4 is 22.5 Å². The molecule has 3 heterocycles. The first-order valence-electron chi connectivity index (χ1n) is 6.95. The lowest BCUT2D eigenvalue weighted by Gasteiger charge is -2.27. The minimum Gasteiger partial charge on any atom is -0.378 e. The smallest absolute Gasteiger partial charge is 0.378 e. The average molecular weight is 345 g/mol. The predicted molar refractivity (Wildman–Crippen MR) is 79.5 cm³/mol. The molecule has 1 N–H and O–H groups in total. The molecule has 124 valence electrons. The van der Waals surface area contributed by atoms with E-state index in [1.807, 2.05) is 12.1 Å². The number of aromatic nitrogens is 3. The van der Waals surface area contributed by atoms with Gasteiger partial charge >= 0.3 is 6.18 Å². The second-order valence-electron chi connectivity index (χ2n) is 4.90. The molecule has 6 nitrogen and oxygen atoms in total. The Kier molecular flexibility index (Phi) is 4.62. The van der Waals surface area contributed by atoms with Crippen LogP contribution in [0.1, 0.15) is 11.4 Å². The van der Waals surface area contributed by atoms with E-state index in [2.05, 4.69) is 24.6 Å². The van der Waals surface area contributed by atoms with Gasteiger partial charge in [0.15, 0.2) is 0 Å². The molecule has 0 amide bonds. The van der Waals surface area contributed by atoms with Gasteiger partial charge in [-0.15, -0.1) is 0 Å². The van der Waals surface area contributed by atoms with Crippen molar-refractivity contribution in [1.82, 2.24) is 14.3 Å². The van der Waals surface area contributed by atoms with Crippen LogP contribution in [-0.2, 0) is 17.5 Å². The highest BCUT2D eigenvalue weighted by Crippen LogP contribution is 2.29. The van der Waals surface area contributed by atoms with Gasteiger partial charge in [0.1, 0.15) is 5.82 Å². The third-order valence-corrected chi connectivity index (χ3v) is 3.94. The van der Waals surface area contributed by atoms with E-state index in [0.717, 1.165) is 24.5 Å². The van der Waals surface area contributed by atoms with E-state index in [4.69, 9.17) is 4.74 Å². The largest absolute Gasteiger partial charge is 0.452 e. The lowest BCUT2D eigenvalue weighted by Crippen LogP contribution is -2.36. The molecule has 3 rings (SSSR count). The van der Waals surface area contributed by atoms with Crippen LogP contribution in [0.4, 0.5) is 24.1 Å². The van der Waals surface area contributed by atoms with E-state index in [1.54, 1.807) is 6.20 Å². The van der Waals surface area contributed by atoms with E-state index in [0.29, 0.717) is 31.3 Å². The van der Waals surface area contributed by atoms with Crippen molar-refractivity contribution < 1.29 is 17.9 Å². The van der Waals surface area contributed by atoms with Crippen LogP contribution in [0, 0.1) is 0 Å². The number of hydrogen-bond donors (Lipinski definition) is 1. The van der Waals surface area contributed by atoms with Gasteiger partial charge in [0.25, 0.3) is 0 Å². The second-order valence-corrected chi connectivity index (χ2v) is 5.65. The lowest BCUT2D eigenvalue weighted by atomic mass is 10.2. The number of anilines is 2. The first-order chi connectivity index (χ1) is 11.0. The predicted octanol–water partition coefficient (Wildman–Crippen LogP) is 2.40. The molecule has 2 aromatic heterocycles. The fourth-order valence-electron chi connectivity index (χ4n) is 2.09. The molecular formula is C13H14F3N5OS. The summed E-state index contributed by atoms with van der Waals surface area (Å²) in [4.78, 5) is 9.92. The summed E-state index contributed by atoms with van der Waals surface area (Å²) in [6.45, 7) is 3.31. The van der Waals surface area contributed by atoms with Crippen LogP contribution in [0.3, 0.4) is 0 Å². The number of rotatable bonds is 4. The molecule has 0 aliphatic carbocycles. The summed E-state index contributed by atoms with van der Waals surface area (Å²) in [5.41, 5.74) is 0.853. The van der Waals surface area contributed by atoms with E-state index >= 15 is 0 Å². The van der Waals surface area contributed by atoms with Crippen molar-refractivity contribution in [2.24, 2.45) is 0 Å². The summed E-state index contributed by atoms with van der Waals surface area (Å²) in [5, 5.41) is 2.96. The van der Waals surface area contributed by atoms with Gasteiger partial charge in [0.2, 0.25) is 11.0 Å². The van der Waals surface area contributed by atoms with Gasteiger partial charge in [-0.3, -0.25) is 0 Å². The fraction of sp³-hybridized carbons (Fsp3) is 0.462. The van der Waals surface area contributed by atoms with Crippen LogP contribution in [0.15, 0.2) is 18.3 Å². The number of nitrogens with zero attached hydrogens (tertiary/aromatic N) is 4. The average Bonchev–Trinajstić information content (AvgIpc) is 3.04. The Morgan fingerprint density at radius 3 is 2.65 bits per heavy atom. The Hall–Kier alpha value is -1.94. The molecular weight excluding hydrogens is 331 g/mol. The number of hydrogen-bond acceptors (Lipinski definition) is 7. The Morgan fingerprint density at radius 1 is 1.26 bits per heavy atom. The highest BCUT2D eigenvalue weighted by atomic mass is 32.1. The number of ether oxygens (including phenoxy) is 1. The first-order valence-corrected chi connectivity index (χ1v) is 7.72. The molecule has 0 atom stereocenters. The molecule has 0 aromatic carbocycles. The van der Waals surface area contributed by atoms with Crippen molar-refractivity contribution in [3.05, 3.63) is 29.7 Å². The van der Waals surface area contributed by atoms with Crippen LogP contribution in [-0.4, -0.2) is 40.6 Å². The van der Waals surface area contributed by atoms with Gasteiger partial charge in [-0.25, -0.2) is 4.98 Å². The Balaban J connectivity index is 1.57. The molecule has 23 heavy (non-hydrogen) atoms. The molecule has 1 aliphatic rings. The first kappa shape index (κ1) is 15.9. The van der Waals surface area contributed by atoms with Crippen LogP contribution >= 0.6 is 11.5 Å². The van der Waals surface area contributed by atoms with Gasteiger partial charge < -0.3 is 15.0 Å². The molecule has 0 radical (unpaired) electrons. The van der Waals surface area contributed by atoms with Crippen molar-refractivity contribution in [3.63, 3.8) is 0 Å². The van der Waals surface area contributed by atoms with Gasteiger partial charge in [-0.1, -0.05) is 6.07 Å². The molecule has 0 saturated carbocycles. The molecule has 0 bridgehead atoms. The van der Waals surface area contributed by atoms with Crippen LogP contribution in [0.5, 0.6) is 0 Å². The summed E-state index contributed by atoms with van der Waals surface area (Å²) in [6, 6.07) is 3.78. The highest BCUT2D eigenvalue weighted by molar-refractivity contribution is 7.09. The molecule has 0 unspecified atom stereocenters. The fourth-order valence-corrected chi connectivity index (χ4v) is 2.67. The monoisotopic (exact) mass is 345 g/mol. The van der Waals surface area contributed by atoms with Crippen molar-refractivity contribution in [3.8, 4) is 0 Å². The normalized spacial score (nSPS) is 15.7. The Labute approximate surface area is 134 Å². The number of alkyl halides is 3. The van der Waals surface area contributed by atoms with Crippen molar-refractivity contribution in [1.29, 1.82) is 0 Å². The maximum Gasteiger partial charge on any atom is 0.452 e. The van der Waals surface area contributed by atoms with Crippen molar-refractivity contribution in [2.75, 3.05) is 36.5 Å². The Morgan fingerprint density at radius 2 is 2.04 bits per heavy atom. The zero-order chi connectivity index (χ0) is 16.3. The molecule has 10 heteroatoms. The summed E-state index contributed by atoms with van der Waals surface area (Å²) in [6.07, 6.45) is -2.82. The third-order valence-electron chi connectivity index (χ3n) is 3.27. The second kappa shape index (κ2) is 6.67. The van der Waals surface area contributed by atoms with Crippen molar-refractivity contribution in [2.45, 2.75) is 12.7 Å². The van der Waals surface area contributed by atoms with Crippen LogP contribution in [0.2, 0.25) is 0 Å². The number of halogens is 3.